The lowest BCUT2D eigenvalue weighted by molar-refractivity contribution is 0.0697. The highest BCUT2D eigenvalue weighted by Gasteiger charge is 2.24. The van der Waals surface area contributed by atoms with Gasteiger partial charge in [0.2, 0.25) is 11.7 Å². The summed E-state index contributed by atoms with van der Waals surface area (Å²) in [4.78, 5) is 16.6. The maximum atomic E-state index is 11.3. The maximum absolute atomic E-state index is 11.3. The van der Waals surface area contributed by atoms with E-state index >= 15 is 0 Å². The average molecular weight is 310 g/mol. The first-order valence-electron chi connectivity index (χ1n) is 6.63. The van der Waals surface area contributed by atoms with E-state index in [0.29, 0.717) is 23.9 Å². The molecule has 6 nitrogen and oxygen atoms in total. The summed E-state index contributed by atoms with van der Waals surface area (Å²) < 4.78 is 10.5. The molecule has 0 fully saturated rings. The minimum Gasteiger partial charge on any atom is -0.484 e. The second kappa shape index (κ2) is 5.85. The van der Waals surface area contributed by atoms with Crippen molar-refractivity contribution < 1.29 is 19.2 Å². The van der Waals surface area contributed by atoms with Gasteiger partial charge in [-0.2, -0.15) is 4.98 Å². The Morgan fingerprint density at radius 2 is 2.19 bits per heavy atom. The topological polar surface area (TPSA) is 85.5 Å². The highest BCUT2D eigenvalue weighted by atomic mass is 32.1. The van der Waals surface area contributed by atoms with Gasteiger partial charge in [0, 0.05) is 11.3 Å². The van der Waals surface area contributed by atoms with Gasteiger partial charge in [-0.25, -0.2) is 4.79 Å². The lowest BCUT2D eigenvalue weighted by atomic mass is 9.95. The van der Waals surface area contributed by atoms with E-state index in [1.54, 1.807) is 6.07 Å². The smallest absolute Gasteiger partial charge is 0.349 e. The Morgan fingerprint density at radius 1 is 1.48 bits per heavy atom. The fourth-order valence-electron chi connectivity index (χ4n) is 1.63. The predicted octanol–water partition coefficient (Wildman–Crippen LogP) is 3.27. The van der Waals surface area contributed by atoms with Gasteiger partial charge in [-0.15, -0.1) is 11.3 Å². The molecule has 2 aromatic heterocycles. The molecule has 2 heterocycles. The standard InChI is InChI=1S/C14H18N2O4S/c1-5-11-15-10(16-20-11)7-19-8-6-9(14(2,3)4)21-12(8)13(17)18/h6H,5,7H2,1-4H3,(H,17,18). The Bertz CT molecular complexity index is 640. The molecule has 0 saturated carbocycles. The zero-order valence-corrected chi connectivity index (χ0v) is 13.3. The fraction of sp³-hybridized carbons (Fsp3) is 0.500. The summed E-state index contributed by atoms with van der Waals surface area (Å²) in [5.74, 6) is 0.299. The van der Waals surface area contributed by atoms with E-state index in [1.165, 1.54) is 11.3 Å². The number of carboxylic acids is 1. The van der Waals surface area contributed by atoms with Crippen LogP contribution in [0.5, 0.6) is 5.75 Å². The van der Waals surface area contributed by atoms with Crippen molar-refractivity contribution in [1.29, 1.82) is 0 Å². The molecule has 0 aliphatic heterocycles. The maximum Gasteiger partial charge on any atom is 0.349 e. The van der Waals surface area contributed by atoms with E-state index in [2.05, 4.69) is 10.1 Å². The van der Waals surface area contributed by atoms with Gasteiger partial charge in [-0.3, -0.25) is 0 Å². The molecule has 0 aliphatic rings. The molecule has 7 heteroatoms. The second-order valence-corrected chi connectivity index (χ2v) is 6.66. The molecule has 0 aromatic carbocycles. The predicted molar refractivity (Wildman–Crippen MR) is 78.0 cm³/mol. The first-order valence-corrected chi connectivity index (χ1v) is 7.44. The molecule has 0 unspecified atom stereocenters. The first-order chi connectivity index (χ1) is 9.81. The van der Waals surface area contributed by atoms with Crippen LogP contribution in [0.15, 0.2) is 10.6 Å². The van der Waals surface area contributed by atoms with Crippen LogP contribution in [-0.2, 0) is 18.4 Å². The van der Waals surface area contributed by atoms with Gasteiger partial charge < -0.3 is 14.4 Å². The zero-order chi connectivity index (χ0) is 15.6. The number of carbonyl (C=O) groups is 1. The molecule has 0 spiro atoms. The molecular weight excluding hydrogens is 292 g/mol. The number of rotatable bonds is 5. The quantitative estimate of drug-likeness (QED) is 0.912. The monoisotopic (exact) mass is 310 g/mol. The van der Waals surface area contributed by atoms with Crippen LogP contribution in [0.2, 0.25) is 0 Å². The van der Waals surface area contributed by atoms with E-state index < -0.39 is 5.97 Å². The van der Waals surface area contributed by atoms with E-state index in [-0.39, 0.29) is 16.9 Å². The number of hydrogen-bond acceptors (Lipinski definition) is 6. The van der Waals surface area contributed by atoms with Crippen LogP contribution in [-0.4, -0.2) is 21.2 Å². The van der Waals surface area contributed by atoms with Gasteiger partial charge in [-0.1, -0.05) is 32.9 Å². The van der Waals surface area contributed by atoms with Crippen molar-refractivity contribution in [2.24, 2.45) is 0 Å². The number of hydrogen-bond donors (Lipinski definition) is 1. The number of aryl methyl sites for hydroxylation is 1. The Balaban J connectivity index is 2.18. The molecule has 1 N–H and O–H groups in total. The molecule has 0 aliphatic carbocycles. The summed E-state index contributed by atoms with van der Waals surface area (Å²) in [6.45, 7) is 8.09. The molecule has 0 radical (unpaired) electrons. The van der Waals surface area contributed by atoms with Crippen molar-refractivity contribution >= 4 is 17.3 Å². The molecule has 0 amide bonds. The van der Waals surface area contributed by atoms with E-state index in [1.807, 2.05) is 27.7 Å². The van der Waals surface area contributed by atoms with Crippen molar-refractivity contribution in [2.45, 2.75) is 46.1 Å². The second-order valence-electron chi connectivity index (χ2n) is 5.61. The third kappa shape index (κ3) is 3.60. The van der Waals surface area contributed by atoms with Crippen LogP contribution >= 0.6 is 11.3 Å². The molecular formula is C14H18N2O4S. The number of thiophene rings is 1. The van der Waals surface area contributed by atoms with Crippen LogP contribution in [0, 0.1) is 0 Å². The molecule has 114 valence electrons. The van der Waals surface area contributed by atoms with E-state index in [9.17, 15) is 9.90 Å². The minimum absolute atomic E-state index is 0.0874. The van der Waals surface area contributed by atoms with Crippen LogP contribution in [0.4, 0.5) is 0 Å². The van der Waals surface area contributed by atoms with Crippen LogP contribution in [0.3, 0.4) is 0 Å². The van der Waals surface area contributed by atoms with Crippen molar-refractivity contribution in [1.82, 2.24) is 10.1 Å². The number of nitrogens with zero attached hydrogens (tertiary/aromatic N) is 2. The van der Waals surface area contributed by atoms with Crippen molar-refractivity contribution in [3.8, 4) is 5.75 Å². The summed E-state index contributed by atoms with van der Waals surface area (Å²) in [7, 11) is 0. The Kier molecular flexibility index (Phi) is 4.32. The highest BCUT2D eigenvalue weighted by molar-refractivity contribution is 7.14. The Hall–Kier alpha value is -1.89. The van der Waals surface area contributed by atoms with Gasteiger partial charge in [0.15, 0.2) is 11.5 Å². The van der Waals surface area contributed by atoms with Crippen LogP contribution in [0.25, 0.3) is 0 Å². The number of ether oxygens (including phenoxy) is 1. The van der Waals surface area contributed by atoms with Crippen LogP contribution in [0.1, 0.15) is 54.0 Å². The molecule has 21 heavy (non-hydrogen) atoms. The third-order valence-electron chi connectivity index (χ3n) is 2.80. The SMILES string of the molecule is CCc1nc(COc2cc(C(C)(C)C)sc2C(=O)O)no1. The summed E-state index contributed by atoms with van der Waals surface area (Å²) >= 11 is 1.23. The normalized spacial score (nSPS) is 11.6. The van der Waals surface area contributed by atoms with E-state index in [0.717, 1.165) is 4.88 Å². The summed E-state index contributed by atoms with van der Waals surface area (Å²) in [5, 5.41) is 13.0. The Morgan fingerprint density at radius 3 is 2.71 bits per heavy atom. The summed E-state index contributed by atoms with van der Waals surface area (Å²) in [6, 6.07) is 1.77. The summed E-state index contributed by atoms with van der Waals surface area (Å²) in [6.07, 6.45) is 0.653. The van der Waals surface area contributed by atoms with E-state index in [4.69, 9.17) is 9.26 Å². The number of carboxylic acid groups (broad SMARTS) is 1. The van der Waals surface area contributed by atoms with Crippen molar-refractivity contribution in [3.63, 3.8) is 0 Å². The van der Waals surface area contributed by atoms with Gasteiger partial charge in [-0.05, 0) is 11.5 Å². The number of aromatic carboxylic acids is 1. The number of aromatic nitrogens is 2. The van der Waals surface area contributed by atoms with Crippen LogP contribution < -0.4 is 4.74 Å². The average Bonchev–Trinajstić information content (AvgIpc) is 3.02. The van der Waals surface area contributed by atoms with Crippen molar-refractivity contribution in [2.75, 3.05) is 0 Å². The van der Waals surface area contributed by atoms with Gasteiger partial charge in [0.05, 0.1) is 0 Å². The van der Waals surface area contributed by atoms with Gasteiger partial charge in [0.25, 0.3) is 0 Å². The van der Waals surface area contributed by atoms with Gasteiger partial charge >= 0.3 is 5.97 Å². The molecule has 0 saturated heterocycles. The third-order valence-corrected chi connectivity index (χ3v) is 4.33. The zero-order valence-electron chi connectivity index (χ0n) is 12.5. The molecule has 2 rings (SSSR count). The molecule has 0 atom stereocenters. The highest BCUT2D eigenvalue weighted by Crippen LogP contribution is 2.37. The summed E-state index contributed by atoms with van der Waals surface area (Å²) in [5.41, 5.74) is -0.127. The van der Waals surface area contributed by atoms with Gasteiger partial charge in [0.1, 0.15) is 5.75 Å². The Labute approximate surface area is 126 Å². The largest absolute Gasteiger partial charge is 0.484 e. The first kappa shape index (κ1) is 15.5. The minimum atomic E-state index is -0.993. The lowest BCUT2D eigenvalue weighted by Gasteiger charge is -2.14. The van der Waals surface area contributed by atoms with Crippen molar-refractivity contribution in [3.05, 3.63) is 27.5 Å². The molecule has 0 bridgehead atoms. The molecule has 2 aromatic rings. The fourth-order valence-corrected chi connectivity index (χ4v) is 2.63. The lowest BCUT2D eigenvalue weighted by Crippen LogP contribution is -2.08.